The summed E-state index contributed by atoms with van der Waals surface area (Å²) in [7, 11) is 0. The van der Waals surface area contributed by atoms with Gasteiger partial charge >= 0.3 is 0 Å². The first-order valence-electron chi connectivity index (χ1n) is 8.77. The Morgan fingerprint density at radius 2 is 1.71 bits per heavy atom. The molecule has 0 unspecified atom stereocenters. The van der Waals surface area contributed by atoms with Crippen LogP contribution in [0.15, 0.2) is 42.5 Å². The van der Waals surface area contributed by atoms with Crippen molar-refractivity contribution >= 4 is 17.3 Å². The number of carbonyl (C=O) groups is 1. The quantitative estimate of drug-likeness (QED) is 0.881. The molecule has 0 radical (unpaired) electrons. The number of aryl methyl sites for hydroxylation is 1. The third-order valence-corrected chi connectivity index (χ3v) is 5.12. The molecule has 0 aliphatic carbocycles. The number of hydrogen-bond acceptors (Lipinski definition) is 2. The van der Waals surface area contributed by atoms with Crippen molar-refractivity contribution in [3.8, 4) is 0 Å². The van der Waals surface area contributed by atoms with Crippen LogP contribution >= 0.6 is 0 Å². The van der Waals surface area contributed by atoms with Gasteiger partial charge in [0.2, 0.25) is 0 Å². The molecule has 126 valence electrons. The minimum absolute atomic E-state index is 0.0456. The van der Waals surface area contributed by atoms with E-state index < -0.39 is 0 Å². The van der Waals surface area contributed by atoms with Crippen molar-refractivity contribution < 1.29 is 4.79 Å². The largest absolute Gasteiger partial charge is 0.372 e. The van der Waals surface area contributed by atoms with Crippen molar-refractivity contribution in [1.82, 2.24) is 0 Å². The van der Waals surface area contributed by atoms with Gasteiger partial charge in [-0.25, -0.2) is 0 Å². The van der Waals surface area contributed by atoms with Crippen LogP contribution < -0.4 is 10.2 Å². The van der Waals surface area contributed by atoms with Gasteiger partial charge in [-0.1, -0.05) is 19.1 Å². The van der Waals surface area contributed by atoms with Gasteiger partial charge in [-0.2, -0.15) is 0 Å². The summed E-state index contributed by atoms with van der Waals surface area (Å²) in [6.45, 7) is 8.58. The number of rotatable bonds is 3. The molecular weight excluding hydrogens is 296 g/mol. The predicted octanol–water partition coefficient (Wildman–Crippen LogP) is 4.79. The highest BCUT2D eigenvalue weighted by atomic mass is 16.1. The summed E-state index contributed by atoms with van der Waals surface area (Å²) < 4.78 is 0. The van der Waals surface area contributed by atoms with Gasteiger partial charge < -0.3 is 10.2 Å². The van der Waals surface area contributed by atoms with Crippen LogP contribution in [-0.2, 0) is 0 Å². The van der Waals surface area contributed by atoms with E-state index in [0.717, 1.165) is 41.4 Å². The summed E-state index contributed by atoms with van der Waals surface area (Å²) in [5.41, 5.74) is 5.00. The molecule has 1 N–H and O–H groups in total. The summed E-state index contributed by atoms with van der Waals surface area (Å²) in [6.07, 6.45) is 2.51. The highest BCUT2D eigenvalue weighted by Gasteiger charge is 2.16. The number of hydrogen-bond donors (Lipinski definition) is 1. The summed E-state index contributed by atoms with van der Waals surface area (Å²) in [6, 6.07) is 14.0. The van der Waals surface area contributed by atoms with E-state index in [9.17, 15) is 4.79 Å². The second-order valence-electron chi connectivity index (χ2n) is 6.92. The Kier molecular flexibility index (Phi) is 4.89. The molecule has 0 atom stereocenters. The number of benzene rings is 2. The highest BCUT2D eigenvalue weighted by Crippen LogP contribution is 2.24. The van der Waals surface area contributed by atoms with E-state index in [0.29, 0.717) is 0 Å². The van der Waals surface area contributed by atoms with Gasteiger partial charge in [-0.15, -0.1) is 0 Å². The summed E-state index contributed by atoms with van der Waals surface area (Å²) in [4.78, 5) is 14.9. The van der Waals surface area contributed by atoms with E-state index in [-0.39, 0.29) is 5.91 Å². The molecular formula is C21H26N2O. The van der Waals surface area contributed by atoms with Crippen LogP contribution in [0.4, 0.5) is 11.4 Å². The topological polar surface area (TPSA) is 32.3 Å². The molecule has 0 saturated carbocycles. The molecule has 24 heavy (non-hydrogen) atoms. The lowest BCUT2D eigenvalue weighted by Crippen LogP contribution is -2.32. The van der Waals surface area contributed by atoms with Crippen molar-refractivity contribution in [1.29, 1.82) is 0 Å². The van der Waals surface area contributed by atoms with Gasteiger partial charge in [0, 0.05) is 30.0 Å². The number of piperidine rings is 1. The van der Waals surface area contributed by atoms with Gasteiger partial charge in [-0.3, -0.25) is 4.79 Å². The average Bonchev–Trinajstić information content (AvgIpc) is 2.59. The van der Waals surface area contributed by atoms with Crippen molar-refractivity contribution in [2.45, 2.75) is 33.6 Å². The van der Waals surface area contributed by atoms with E-state index in [1.165, 1.54) is 18.5 Å². The average molecular weight is 322 g/mol. The Balaban J connectivity index is 1.68. The number of amides is 1. The summed E-state index contributed by atoms with van der Waals surface area (Å²) in [5, 5.41) is 3.01. The van der Waals surface area contributed by atoms with Crippen LogP contribution in [-0.4, -0.2) is 19.0 Å². The van der Waals surface area contributed by atoms with Crippen molar-refractivity contribution in [2.24, 2.45) is 5.92 Å². The number of nitrogens with zero attached hydrogens (tertiary/aromatic N) is 1. The van der Waals surface area contributed by atoms with E-state index in [1.54, 1.807) is 0 Å². The molecule has 1 heterocycles. The maximum atomic E-state index is 12.5. The Bertz CT molecular complexity index is 713. The molecule has 0 spiro atoms. The fourth-order valence-corrected chi connectivity index (χ4v) is 3.22. The number of nitrogens with one attached hydrogen (secondary N) is 1. The fourth-order valence-electron chi connectivity index (χ4n) is 3.22. The lowest BCUT2D eigenvalue weighted by Gasteiger charge is -2.32. The van der Waals surface area contributed by atoms with Crippen LogP contribution in [0.25, 0.3) is 0 Å². The van der Waals surface area contributed by atoms with E-state index in [1.807, 2.05) is 44.2 Å². The van der Waals surface area contributed by atoms with E-state index in [4.69, 9.17) is 0 Å². The lowest BCUT2D eigenvalue weighted by molar-refractivity contribution is 0.102. The normalized spacial score (nSPS) is 15.4. The smallest absolute Gasteiger partial charge is 0.255 e. The highest BCUT2D eigenvalue weighted by molar-refractivity contribution is 6.05. The minimum Gasteiger partial charge on any atom is -0.372 e. The van der Waals surface area contributed by atoms with Gasteiger partial charge in [-0.05, 0) is 74.1 Å². The van der Waals surface area contributed by atoms with Crippen LogP contribution in [0, 0.1) is 19.8 Å². The first kappa shape index (κ1) is 16.6. The fraction of sp³-hybridized carbons (Fsp3) is 0.381. The maximum absolute atomic E-state index is 12.5. The summed E-state index contributed by atoms with van der Waals surface area (Å²) >= 11 is 0. The van der Waals surface area contributed by atoms with Gasteiger partial charge in [0.25, 0.3) is 5.91 Å². The summed E-state index contributed by atoms with van der Waals surface area (Å²) in [5.74, 6) is 0.785. The van der Waals surface area contributed by atoms with Crippen LogP contribution in [0.2, 0.25) is 0 Å². The van der Waals surface area contributed by atoms with Crippen LogP contribution in [0.1, 0.15) is 41.3 Å². The van der Waals surface area contributed by atoms with Crippen LogP contribution in [0.3, 0.4) is 0 Å². The first-order valence-corrected chi connectivity index (χ1v) is 8.77. The Morgan fingerprint density at radius 1 is 1.04 bits per heavy atom. The lowest BCUT2D eigenvalue weighted by atomic mass is 9.99. The predicted molar refractivity (Wildman–Crippen MR) is 101 cm³/mol. The first-order chi connectivity index (χ1) is 11.5. The van der Waals surface area contributed by atoms with Crippen molar-refractivity contribution in [2.75, 3.05) is 23.3 Å². The van der Waals surface area contributed by atoms with Gasteiger partial charge in [0.1, 0.15) is 0 Å². The zero-order chi connectivity index (χ0) is 17.1. The van der Waals surface area contributed by atoms with E-state index in [2.05, 4.69) is 29.3 Å². The zero-order valence-electron chi connectivity index (χ0n) is 14.8. The maximum Gasteiger partial charge on any atom is 0.255 e. The molecule has 3 nitrogen and oxygen atoms in total. The molecule has 3 rings (SSSR count). The molecule has 1 aliphatic rings. The standard InChI is InChI=1S/C21H26N2O/c1-15-11-13-23(14-12-15)19-9-7-18(8-10-19)22-21(24)20-6-4-5-16(2)17(20)3/h4-10,15H,11-14H2,1-3H3,(H,22,24). The second kappa shape index (κ2) is 7.08. The third kappa shape index (κ3) is 3.61. The minimum atomic E-state index is -0.0456. The number of anilines is 2. The molecule has 0 bridgehead atoms. The number of carbonyl (C=O) groups excluding carboxylic acids is 1. The molecule has 1 amide bonds. The molecule has 1 saturated heterocycles. The molecule has 1 fully saturated rings. The van der Waals surface area contributed by atoms with Gasteiger partial charge in [0.15, 0.2) is 0 Å². The zero-order valence-corrected chi connectivity index (χ0v) is 14.8. The van der Waals surface area contributed by atoms with Crippen LogP contribution in [0.5, 0.6) is 0 Å². The molecule has 1 aliphatic heterocycles. The third-order valence-electron chi connectivity index (χ3n) is 5.12. The Labute approximate surface area is 144 Å². The Hall–Kier alpha value is -2.29. The van der Waals surface area contributed by atoms with Crippen molar-refractivity contribution in [3.63, 3.8) is 0 Å². The second-order valence-corrected chi connectivity index (χ2v) is 6.92. The van der Waals surface area contributed by atoms with Crippen molar-refractivity contribution in [3.05, 3.63) is 59.2 Å². The monoisotopic (exact) mass is 322 g/mol. The molecule has 2 aromatic carbocycles. The van der Waals surface area contributed by atoms with Gasteiger partial charge in [0.05, 0.1) is 0 Å². The molecule has 0 aromatic heterocycles. The molecule has 3 heteroatoms. The Morgan fingerprint density at radius 3 is 2.38 bits per heavy atom. The molecule has 2 aromatic rings. The van der Waals surface area contributed by atoms with E-state index >= 15 is 0 Å². The SMILES string of the molecule is Cc1cccc(C(=O)Nc2ccc(N3CCC(C)CC3)cc2)c1C.